The molecule has 4 heterocycles. The Bertz CT molecular complexity index is 1210. The van der Waals surface area contributed by atoms with Gasteiger partial charge in [-0.3, -0.25) is 4.40 Å². The maximum absolute atomic E-state index is 14.6. The quantitative estimate of drug-likeness (QED) is 0.437. The number of aromatic nitrogens is 5. The Labute approximate surface area is 178 Å². The zero-order valence-electron chi connectivity index (χ0n) is 17.3. The van der Waals surface area contributed by atoms with Gasteiger partial charge in [-0.05, 0) is 38.7 Å². The zero-order chi connectivity index (χ0) is 21.4. The summed E-state index contributed by atoms with van der Waals surface area (Å²) in [4.78, 5) is 16.3. The molecule has 0 radical (unpaired) electrons. The lowest BCUT2D eigenvalue weighted by Gasteiger charge is -2.28. The van der Waals surface area contributed by atoms with Crippen molar-refractivity contribution in [1.29, 1.82) is 0 Å². The molecule has 0 atom stereocenters. The van der Waals surface area contributed by atoms with Gasteiger partial charge in [0.05, 0.1) is 24.6 Å². The predicted molar refractivity (Wildman–Crippen MR) is 115 cm³/mol. The Morgan fingerprint density at radius 1 is 1.26 bits per heavy atom. The van der Waals surface area contributed by atoms with Crippen LogP contribution in [0.3, 0.4) is 0 Å². The summed E-state index contributed by atoms with van der Waals surface area (Å²) in [6, 6.07) is 1.77. The highest BCUT2D eigenvalue weighted by Crippen LogP contribution is 2.30. The molecular formula is C22H25FN6O2. The minimum absolute atomic E-state index is 0.189. The number of imidazole rings is 1. The fourth-order valence-electron chi connectivity index (χ4n) is 4.37. The fraction of sp³-hybridized carbons (Fsp3) is 0.409. The molecule has 8 nitrogen and oxygen atoms in total. The number of H-pyrrole nitrogens is 1. The number of aromatic amines is 1. The van der Waals surface area contributed by atoms with Crippen molar-refractivity contribution in [2.24, 2.45) is 0 Å². The summed E-state index contributed by atoms with van der Waals surface area (Å²) in [5.74, 6) is 0.132. The van der Waals surface area contributed by atoms with Crippen LogP contribution in [-0.4, -0.2) is 48.2 Å². The van der Waals surface area contributed by atoms with Gasteiger partial charge in [0.25, 0.3) is 0 Å². The molecule has 0 aliphatic heterocycles. The number of aliphatic hydroxyl groups excluding tert-OH is 1. The number of hydrogen-bond acceptors (Lipinski definition) is 6. The Kier molecular flexibility index (Phi) is 5.29. The van der Waals surface area contributed by atoms with Gasteiger partial charge in [0.1, 0.15) is 5.65 Å². The normalized spacial score (nSPS) is 19.3. The highest BCUT2D eigenvalue weighted by atomic mass is 19.1. The zero-order valence-corrected chi connectivity index (χ0v) is 17.3. The van der Waals surface area contributed by atoms with Crippen LogP contribution >= 0.6 is 0 Å². The lowest BCUT2D eigenvalue weighted by atomic mass is 9.93. The molecule has 4 aromatic heterocycles. The highest BCUT2D eigenvalue weighted by molar-refractivity contribution is 5.93. The molecule has 1 saturated carbocycles. The minimum atomic E-state index is -0.451. The molecule has 0 aromatic carbocycles. The third-order valence-electron chi connectivity index (χ3n) is 5.95. The van der Waals surface area contributed by atoms with Crippen LogP contribution in [0.25, 0.3) is 27.8 Å². The second kappa shape index (κ2) is 8.24. The van der Waals surface area contributed by atoms with Crippen LogP contribution in [-0.2, 0) is 11.3 Å². The molecule has 0 bridgehead atoms. The molecule has 1 aliphatic rings. The van der Waals surface area contributed by atoms with Gasteiger partial charge in [0, 0.05) is 47.8 Å². The van der Waals surface area contributed by atoms with Crippen molar-refractivity contribution in [2.45, 2.75) is 51.4 Å². The van der Waals surface area contributed by atoms with Gasteiger partial charge in [-0.1, -0.05) is 0 Å². The minimum Gasteiger partial charge on any atom is -0.390 e. The third-order valence-corrected chi connectivity index (χ3v) is 5.95. The Hall–Kier alpha value is -3.04. The summed E-state index contributed by atoms with van der Waals surface area (Å²) in [5.41, 5.74) is 2.84. The Balaban J connectivity index is 1.39. The van der Waals surface area contributed by atoms with Crippen LogP contribution in [0.15, 0.2) is 30.9 Å². The maximum atomic E-state index is 14.6. The molecule has 4 aromatic rings. The molecule has 9 heteroatoms. The van der Waals surface area contributed by atoms with E-state index in [1.54, 1.807) is 23.0 Å². The van der Waals surface area contributed by atoms with Gasteiger partial charge in [-0.2, -0.15) is 4.98 Å². The molecule has 5 rings (SSSR count). The number of nitrogens with zero attached hydrogens (tertiary/aromatic N) is 4. The number of fused-ring (bicyclic) bond motifs is 2. The monoisotopic (exact) mass is 424 g/mol. The van der Waals surface area contributed by atoms with Crippen molar-refractivity contribution in [1.82, 2.24) is 24.3 Å². The highest BCUT2D eigenvalue weighted by Gasteiger charge is 2.22. The number of halogens is 1. The molecule has 3 N–H and O–H groups in total. The second-order valence-corrected chi connectivity index (χ2v) is 7.91. The van der Waals surface area contributed by atoms with Crippen LogP contribution in [0.1, 0.15) is 38.3 Å². The lowest BCUT2D eigenvalue weighted by molar-refractivity contribution is 0.0346. The first kappa shape index (κ1) is 19.9. The van der Waals surface area contributed by atoms with Crippen molar-refractivity contribution in [3.8, 4) is 11.1 Å². The van der Waals surface area contributed by atoms with Crippen LogP contribution in [0.2, 0.25) is 0 Å². The van der Waals surface area contributed by atoms with E-state index in [0.717, 1.165) is 43.2 Å². The summed E-state index contributed by atoms with van der Waals surface area (Å²) < 4.78 is 21.8. The first-order chi connectivity index (χ1) is 15.2. The number of rotatable bonds is 6. The summed E-state index contributed by atoms with van der Waals surface area (Å²) in [6.45, 7) is 2.57. The molecule has 162 valence electrons. The molecule has 0 saturated heterocycles. The van der Waals surface area contributed by atoms with Crippen molar-refractivity contribution in [2.75, 3.05) is 11.9 Å². The third kappa shape index (κ3) is 3.75. The Morgan fingerprint density at radius 3 is 2.87 bits per heavy atom. The van der Waals surface area contributed by atoms with Crippen LogP contribution in [0.5, 0.6) is 0 Å². The molecule has 31 heavy (non-hydrogen) atoms. The van der Waals surface area contributed by atoms with Crippen LogP contribution in [0.4, 0.5) is 10.3 Å². The molecule has 0 amide bonds. The van der Waals surface area contributed by atoms with Gasteiger partial charge in [0.15, 0.2) is 11.5 Å². The average Bonchev–Trinajstić information content (AvgIpc) is 3.39. The summed E-state index contributed by atoms with van der Waals surface area (Å²) >= 11 is 0. The maximum Gasteiger partial charge on any atom is 0.224 e. The van der Waals surface area contributed by atoms with Gasteiger partial charge in [-0.15, -0.1) is 0 Å². The van der Waals surface area contributed by atoms with E-state index in [2.05, 4.69) is 25.3 Å². The van der Waals surface area contributed by atoms with E-state index in [1.165, 1.54) is 12.3 Å². The molecule has 1 fully saturated rings. The van der Waals surface area contributed by atoms with Crippen LogP contribution < -0.4 is 5.32 Å². The van der Waals surface area contributed by atoms with E-state index in [0.29, 0.717) is 35.0 Å². The number of anilines is 1. The summed E-state index contributed by atoms with van der Waals surface area (Å²) in [5, 5.41) is 13.7. The van der Waals surface area contributed by atoms with Gasteiger partial charge < -0.3 is 20.1 Å². The Morgan fingerprint density at radius 2 is 2.10 bits per heavy atom. The van der Waals surface area contributed by atoms with Gasteiger partial charge >= 0.3 is 0 Å². The van der Waals surface area contributed by atoms with E-state index in [1.807, 2.05) is 6.92 Å². The number of pyridine rings is 1. The van der Waals surface area contributed by atoms with E-state index in [9.17, 15) is 9.50 Å². The number of nitrogens with one attached hydrogen (secondary N) is 2. The number of aliphatic hydroxyl groups is 1. The van der Waals surface area contributed by atoms with Crippen molar-refractivity contribution in [3.05, 3.63) is 42.4 Å². The average molecular weight is 424 g/mol. The topological polar surface area (TPSA) is 100 Å². The van der Waals surface area contributed by atoms with Crippen molar-refractivity contribution in [3.63, 3.8) is 0 Å². The van der Waals surface area contributed by atoms with Gasteiger partial charge in [-0.25, -0.2) is 14.4 Å². The smallest absolute Gasteiger partial charge is 0.224 e. The molecule has 0 spiro atoms. The summed E-state index contributed by atoms with van der Waals surface area (Å²) in [6.07, 6.45) is 11.3. The molecule has 0 unspecified atom stereocenters. The van der Waals surface area contributed by atoms with E-state index in [4.69, 9.17) is 4.74 Å². The lowest BCUT2D eigenvalue weighted by Crippen LogP contribution is -2.30. The SMILES string of the molecule is CCO[C@H]1CC[C@@H](Nc2ncc3c(-c4cc(F)c5ncc(CO)n5c4)c[nH]c3n2)CC1. The molecular weight excluding hydrogens is 399 g/mol. The van der Waals surface area contributed by atoms with Crippen molar-refractivity contribution >= 4 is 22.6 Å². The first-order valence-corrected chi connectivity index (χ1v) is 10.6. The van der Waals surface area contributed by atoms with E-state index in [-0.39, 0.29) is 12.3 Å². The fourth-order valence-corrected chi connectivity index (χ4v) is 4.37. The van der Waals surface area contributed by atoms with E-state index >= 15 is 0 Å². The summed E-state index contributed by atoms with van der Waals surface area (Å²) in [7, 11) is 0. The van der Waals surface area contributed by atoms with Crippen LogP contribution in [0, 0.1) is 5.82 Å². The van der Waals surface area contributed by atoms with Gasteiger partial charge in [0.2, 0.25) is 5.95 Å². The number of hydrogen-bond donors (Lipinski definition) is 3. The van der Waals surface area contributed by atoms with E-state index < -0.39 is 5.82 Å². The number of ether oxygens (including phenoxy) is 1. The predicted octanol–water partition coefficient (Wildman–Crippen LogP) is 3.66. The van der Waals surface area contributed by atoms with Crippen molar-refractivity contribution < 1.29 is 14.2 Å². The molecule has 1 aliphatic carbocycles. The largest absolute Gasteiger partial charge is 0.390 e. The standard InChI is InChI=1S/C22H25FN6O2/c1-2-31-16-5-3-14(4-6-16)27-22-26-10-18-17(9-24-20(18)28-22)13-7-19(23)21-25-8-15(12-30)29(21)11-13/h7-11,14,16,30H,2-6,12H2,1H3,(H2,24,26,27,28)/t14-,16+. The second-order valence-electron chi connectivity index (χ2n) is 7.91. The first-order valence-electron chi connectivity index (χ1n) is 10.6.